The van der Waals surface area contributed by atoms with E-state index in [2.05, 4.69) is 14.5 Å². The number of pyridine rings is 1. The van der Waals surface area contributed by atoms with Crippen LogP contribution in [0.2, 0.25) is 0 Å². The Morgan fingerprint density at radius 2 is 1.94 bits per heavy atom. The van der Waals surface area contributed by atoms with Crippen LogP contribution in [-0.2, 0) is 0 Å². The van der Waals surface area contributed by atoms with Crippen LogP contribution >= 0.6 is 0 Å². The zero-order valence-corrected chi connectivity index (χ0v) is 8.46. The Hall–Kier alpha value is -1.79. The normalized spacial score (nSPS) is 11.1. The van der Waals surface area contributed by atoms with Crippen molar-refractivity contribution in [3.05, 3.63) is 17.8 Å². The van der Waals surface area contributed by atoms with E-state index in [-0.39, 0.29) is 5.75 Å². The number of nitrogens with zero attached hydrogens (tertiary/aromatic N) is 1. The first-order chi connectivity index (χ1) is 7.41. The fourth-order valence-electron chi connectivity index (χ4n) is 1.10. The van der Waals surface area contributed by atoms with Crippen LogP contribution in [0, 0.1) is 0 Å². The molecule has 4 nitrogen and oxygen atoms in total. The van der Waals surface area contributed by atoms with Crippen LogP contribution in [0.25, 0.3) is 0 Å². The minimum atomic E-state index is -5.00. The van der Waals surface area contributed by atoms with Gasteiger partial charge in [0.2, 0.25) is 5.88 Å². The maximum absolute atomic E-state index is 12.3. The van der Waals surface area contributed by atoms with E-state index < -0.39 is 23.4 Å². The number of ketones is 1. The van der Waals surface area contributed by atoms with E-state index in [9.17, 15) is 18.0 Å². The molecular weight excluding hydrogens is 227 g/mol. The molecule has 88 valence electrons. The van der Waals surface area contributed by atoms with Crippen LogP contribution in [0.5, 0.6) is 11.6 Å². The van der Waals surface area contributed by atoms with Gasteiger partial charge in [0, 0.05) is 6.20 Å². The third-order valence-electron chi connectivity index (χ3n) is 1.78. The summed E-state index contributed by atoms with van der Waals surface area (Å²) in [5.41, 5.74) is -0.722. The second kappa shape index (κ2) is 4.38. The van der Waals surface area contributed by atoms with E-state index in [1.165, 1.54) is 6.20 Å². The van der Waals surface area contributed by atoms with Gasteiger partial charge in [0.05, 0.1) is 14.2 Å². The smallest absolute Gasteiger partial charge is 0.455 e. The van der Waals surface area contributed by atoms with Crippen LogP contribution in [0.3, 0.4) is 0 Å². The van der Waals surface area contributed by atoms with Gasteiger partial charge in [0.25, 0.3) is 5.78 Å². The lowest BCUT2D eigenvalue weighted by Crippen LogP contribution is -2.24. The van der Waals surface area contributed by atoms with Crippen molar-refractivity contribution in [3.63, 3.8) is 0 Å². The quantitative estimate of drug-likeness (QED) is 0.750. The lowest BCUT2D eigenvalue weighted by Gasteiger charge is -2.12. The molecule has 1 aromatic rings. The van der Waals surface area contributed by atoms with Crippen LogP contribution < -0.4 is 9.47 Å². The molecule has 1 rings (SSSR count). The van der Waals surface area contributed by atoms with Gasteiger partial charge in [-0.15, -0.1) is 0 Å². The minimum absolute atomic E-state index is 0.228. The molecule has 1 heterocycles. The number of ether oxygens (including phenoxy) is 2. The summed E-state index contributed by atoms with van der Waals surface area (Å²) in [4.78, 5) is 14.6. The maximum Gasteiger partial charge on any atom is 0.455 e. The number of halogens is 3. The Labute approximate surface area is 89.0 Å². The summed E-state index contributed by atoms with van der Waals surface area (Å²) in [6.45, 7) is 0. The average Bonchev–Trinajstić information content (AvgIpc) is 2.25. The molecule has 0 aliphatic heterocycles. The lowest BCUT2D eigenvalue weighted by molar-refractivity contribution is -0.0888. The number of methoxy groups -OCH3 is 2. The Balaban J connectivity index is 3.34. The molecule has 0 N–H and O–H groups in total. The summed E-state index contributed by atoms with van der Waals surface area (Å²) in [5, 5.41) is 0. The first-order valence-corrected chi connectivity index (χ1v) is 4.10. The Kier molecular flexibility index (Phi) is 3.36. The van der Waals surface area contributed by atoms with Gasteiger partial charge in [-0.05, 0) is 6.07 Å². The van der Waals surface area contributed by atoms with Crippen molar-refractivity contribution in [2.24, 2.45) is 0 Å². The molecule has 0 atom stereocenters. The van der Waals surface area contributed by atoms with E-state index in [0.717, 1.165) is 20.3 Å². The van der Waals surface area contributed by atoms with E-state index >= 15 is 0 Å². The molecule has 0 saturated heterocycles. The zero-order chi connectivity index (χ0) is 12.3. The Morgan fingerprint density at radius 3 is 2.38 bits per heavy atom. The van der Waals surface area contributed by atoms with Crippen molar-refractivity contribution < 1.29 is 27.4 Å². The minimum Gasteiger partial charge on any atom is -0.496 e. The van der Waals surface area contributed by atoms with Gasteiger partial charge in [0.1, 0.15) is 11.3 Å². The monoisotopic (exact) mass is 235 g/mol. The van der Waals surface area contributed by atoms with Crippen molar-refractivity contribution in [2.45, 2.75) is 6.18 Å². The molecule has 0 bridgehead atoms. The number of hydrogen-bond acceptors (Lipinski definition) is 4. The van der Waals surface area contributed by atoms with Crippen molar-refractivity contribution in [2.75, 3.05) is 14.2 Å². The number of carbonyl (C=O) groups excluding carboxylic acids is 1. The van der Waals surface area contributed by atoms with Crippen LogP contribution in [0.1, 0.15) is 10.4 Å². The van der Waals surface area contributed by atoms with Crippen molar-refractivity contribution in [1.29, 1.82) is 0 Å². The SMILES string of the molecule is COc1ccnc(OC)c1C(=O)C(F)(F)F. The fourth-order valence-corrected chi connectivity index (χ4v) is 1.10. The summed E-state index contributed by atoms with van der Waals surface area (Å²) >= 11 is 0. The largest absolute Gasteiger partial charge is 0.496 e. The van der Waals surface area contributed by atoms with Crippen LogP contribution in [0.15, 0.2) is 12.3 Å². The summed E-state index contributed by atoms with van der Waals surface area (Å²) in [5.74, 6) is -2.69. The average molecular weight is 235 g/mol. The predicted octanol–water partition coefficient (Wildman–Crippen LogP) is 1.84. The number of Topliss-reactive ketones (excluding diaryl/α,β-unsaturated/α-hetero) is 1. The summed E-state index contributed by atoms with van der Waals surface area (Å²) < 4.78 is 46.1. The molecule has 0 aromatic carbocycles. The number of carbonyl (C=O) groups is 1. The molecule has 0 amide bonds. The van der Waals surface area contributed by atoms with E-state index in [1.807, 2.05) is 0 Å². The lowest BCUT2D eigenvalue weighted by atomic mass is 10.1. The van der Waals surface area contributed by atoms with Crippen molar-refractivity contribution in [3.8, 4) is 11.6 Å². The zero-order valence-electron chi connectivity index (χ0n) is 8.46. The van der Waals surface area contributed by atoms with Crippen molar-refractivity contribution in [1.82, 2.24) is 4.98 Å². The summed E-state index contributed by atoms with van der Waals surface area (Å²) in [6, 6.07) is 1.15. The number of hydrogen-bond donors (Lipinski definition) is 0. The number of aromatic nitrogens is 1. The highest BCUT2D eigenvalue weighted by Crippen LogP contribution is 2.32. The number of rotatable bonds is 3. The maximum atomic E-state index is 12.3. The van der Waals surface area contributed by atoms with E-state index in [1.54, 1.807) is 0 Å². The van der Waals surface area contributed by atoms with E-state index in [0.29, 0.717) is 0 Å². The standard InChI is InChI=1S/C9H8F3NO3/c1-15-5-3-4-13-8(16-2)6(5)7(14)9(10,11)12/h3-4H,1-2H3. The third kappa shape index (κ3) is 2.23. The van der Waals surface area contributed by atoms with E-state index in [4.69, 9.17) is 0 Å². The summed E-state index contributed by atoms with van der Waals surface area (Å²) in [7, 11) is 2.27. The van der Waals surface area contributed by atoms with Crippen LogP contribution in [-0.4, -0.2) is 31.2 Å². The molecular formula is C9H8F3NO3. The first kappa shape index (κ1) is 12.3. The van der Waals surface area contributed by atoms with Gasteiger partial charge >= 0.3 is 6.18 Å². The Morgan fingerprint density at radius 1 is 1.31 bits per heavy atom. The molecule has 16 heavy (non-hydrogen) atoms. The summed E-state index contributed by atoms with van der Waals surface area (Å²) in [6.07, 6.45) is -3.81. The molecule has 0 aliphatic carbocycles. The fraction of sp³-hybridized carbons (Fsp3) is 0.333. The van der Waals surface area contributed by atoms with Gasteiger partial charge < -0.3 is 9.47 Å². The molecule has 0 unspecified atom stereocenters. The highest BCUT2D eigenvalue weighted by molar-refractivity contribution is 6.04. The van der Waals surface area contributed by atoms with Gasteiger partial charge in [-0.3, -0.25) is 4.79 Å². The molecule has 0 radical (unpaired) electrons. The van der Waals surface area contributed by atoms with Crippen LogP contribution in [0.4, 0.5) is 13.2 Å². The molecule has 7 heteroatoms. The molecule has 0 saturated carbocycles. The first-order valence-electron chi connectivity index (χ1n) is 4.10. The highest BCUT2D eigenvalue weighted by atomic mass is 19.4. The van der Waals surface area contributed by atoms with Gasteiger partial charge in [-0.2, -0.15) is 13.2 Å². The number of alkyl halides is 3. The third-order valence-corrected chi connectivity index (χ3v) is 1.78. The topological polar surface area (TPSA) is 48.4 Å². The second-order valence-electron chi connectivity index (χ2n) is 2.72. The Bertz CT molecular complexity index is 381. The molecule has 1 aromatic heterocycles. The molecule has 0 aliphatic rings. The molecule has 0 fully saturated rings. The second-order valence-corrected chi connectivity index (χ2v) is 2.72. The van der Waals surface area contributed by atoms with Gasteiger partial charge in [-0.25, -0.2) is 4.98 Å². The van der Waals surface area contributed by atoms with Gasteiger partial charge in [0.15, 0.2) is 0 Å². The predicted molar refractivity (Wildman–Crippen MR) is 47.7 cm³/mol. The van der Waals surface area contributed by atoms with Crippen molar-refractivity contribution >= 4 is 5.78 Å². The highest BCUT2D eigenvalue weighted by Gasteiger charge is 2.43. The molecule has 0 spiro atoms. The van der Waals surface area contributed by atoms with Gasteiger partial charge in [-0.1, -0.05) is 0 Å².